The number of allylic oxidation sites excluding steroid dienone is 1. The van der Waals surface area contributed by atoms with Gasteiger partial charge in [-0.05, 0) is 32.4 Å². The number of nitro groups is 1. The van der Waals surface area contributed by atoms with Crippen molar-refractivity contribution in [3.05, 3.63) is 101 Å². The molecule has 11 heteroatoms. The van der Waals surface area contributed by atoms with Crippen molar-refractivity contribution in [3.8, 4) is 0 Å². The molecule has 1 unspecified atom stereocenters. The highest BCUT2D eigenvalue weighted by atomic mass is 32.1. The number of amides is 1. The summed E-state index contributed by atoms with van der Waals surface area (Å²) in [5.41, 5.74) is 1.75. The second-order valence-corrected chi connectivity index (χ2v) is 9.39. The fourth-order valence-electron chi connectivity index (χ4n) is 4.78. The number of likely N-dealkylation sites (N-methyl/N-ethyl adjacent to an activating group) is 1. The molecule has 188 valence electrons. The quantitative estimate of drug-likeness (QED) is 0.290. The van der Waals surface area contributed by atoms with Gasteiger partial charge in [0, 0.05) is 24.2 Å². The number of carbonyl (C=O) groups excluding carboxylic acids is 2. The summed E-state index contributed by atoms with van der Waals surface area (Å²) in [6.45, 7) is 5.68. The first kappa shape index (κ1) is 24.3. The van der Waals surface area contributed by atoms with Gasteiger partial charge in [-0.2, -0.15) is 0 Å². The minimum atomic E-state index is -1.02. The van der Waals surface area contributed by atoms with Gasteiger partial charge >= 0.3 is 5.97 Å². The second kappa shape index (κ2) is 9.25. The fourth-order valence-corrected chi connectivity index (χ4v) is 5.92. The number of aromatic nitrogens is 1. The lowest BCUT2D eigenvalue weighted by Gasteiger charge is -2.24. The number of nitrogens with zero attached hydrogens (tertiary/aromatic N) is 4. The minimum Gasteiger partial charge on any atom is -0.463 e. The number of esters is 1. The first-order valence-corrected chi connectivity index (χ1v) is 12.5. The molecule has 3 aromatic rings. The summed E-state index contributed by atoms with van der Waals surface area (Å²) in [5.74, 6) is -0.958. The lowest BCUT2D eigenvalue weighted by molar-refractivity contribution is -0.384. The Balaban J connectivity index is 1.84. The SMILES string of the molecule is CCOC(=O)C1=C(C)N=c2sc(=C3C(=O)N(CC)c4ccccc43)c(=O)n2C1c1cccc([N+](=O)[O-])c1. The van der Waals surface area contributed by atoms with Crippen LogP contribution in [-0.4, -0.2) is 34.5 Å². The number of hydrogen-bond acceptors (Lipinski definition) is 8. The molecule has 2 aliphatic heterocycles. The Bertz CT molecular complexity index is 1700. The van der Waals surface area contributed by atoms with E-state index >= 15 is 0 Å². The van der Waals surface area contributed by atoms with Gasteiger partial charge in [0.15, 0.2) is 4.80 Å². The van der Waals surface area contributed by atoms with Gasteiger partial charge in [0.05, 0.1) is 40.1 Å². The molecule has 0 N–H and O–H groups in total. The summed E-state index contributed by atoms with van der Waals surface area (Å²) in [7, 11) is 0. The molecule has 0 saturated heterocycles. The van der Waals surface area contributed by atoms with Gasteiger partial charge in [0.1, 0.15) is 4.53 Å². The summed E-state index contributed by atoms with van der Waals surface area (Å²) in [6, 6.07) is 12.0. The van der Waals surface area contributed by atoms with E-state index in [0.29, 0.717) is 23.4 Å². The maximum absolute atomic E-state index is 14.0. The maximum atomic E-state index is 14.0. The molecule has 37 heavy (non-hydrogen) atoms. The summed E-state index contributed by atoms with van der Waals surface area (Å²) < 4.78 is 6.79. The highest BCUT2D eigenvalue weighted by Crippen LogP contribution is 2.35. The molecule has 1 amide bonds. The third kappa shape index (κ3) is 3.78. The van der Waals surface area contributed by atoms with E-state index < -0.39 is 22.5 Å². The van der Waals surface area contributed by atoms with Crippen LogP contribution >= 0.6 is 11.3 Å². The van der Waals surface area contributed by atoms with Crippen molar-refractivity contribution in [3.63, 3.8) is 0 Å². The summed E-state index contributed by atoms with van der Waals surface area (Å²) in [6.07, 6.45) is 0. The molecule has 0 bridgehead atoms. The maximum Gasteiger partial charge on any atom is 0.338 e. The Morgan fingerprint density at radius 3 is 2.62 bits per heavy atom. The van der Waals surface area contributed by atoms with Crippen LogP contribution in [0, 0.1) is 10.1 Å². The topological polar surface area (TPSA) is 124 Å². The predicted molar refractivity (Wildman–Crippen MR) is 137 cm³/mol. The summed E-state index contributed by atoms with van der Waals surface area (Å²) in [5, 5.41) is 11.5. The molecule has 1 atom stereocenters. The first-order chi connectivity index (χ1) is 17.8. The van der Waals surface area contributed by atoms with Crippen LogP contribution in [0.2, 0.25) is 0 Å². The van der Waals surface area contributed by atoms with E-state index in [2.05, 4.69) is 4.99 Å². The second-order valence-electron chi connectivity index (χ2n) is 8.42. The molecule has 2 aliphatic rings. The van der Waals surface area contributed by atoms with Crippen molar-refractivity contribution >= 4 is 40.2 Å². The molecule has 0 radical (unpaired) electrons. The normalized spacial score (nSPS) is 17.9. The Labute approximate surface area is 214 Å². The van der Waals surface area contributed by atoms with Gasteiger partial charge in [0.25, 0.3) is 17.2 Å². The smallest absolute Gasteiger partial charge is 0.338 e. The van der Waals surface area contributed by atoms with E-state index in [0.717, 1.165) is 17.0 Å². The van der Waals surface area contributed by atoms with E-state index in [1.807, 2.05) is 19.1 Å². The number of fused-ring (bicyclic) bond motifs is 2. The molecule has 0 aliphatic carbocycles. The van der Waals surface area contributed by atoms with Gasteiger partial charge in [-0.25, -0.2) is 9.79 Å². The fraction of sp³-hybridized carbons (Fsp3) is 0.231. The molecular formula is C26H22N4O6S. The van der Waals surface area contributed by atoms with Crippen molar-refractivity contribution in [2.24, 2.45) is 4.99 Å². The van der Waals surface area contributed by atoms with E-state index in [4.69, 9.17) is 4.74 Å². The van der Waals surface area contributed by atoms with Gasteiger partial charge in [-0.1, -0.05) is 41.7 Å². The number of thiazole rings is 1. The van der Waals surface area contributed by atoms with Crippen LogP contribution in [0.4, 0.5) is 11.4 Å². The number of non-ortho nitro benzene ring substituents is 1. The number of nitro benzene ring substituents is 1. The van der Waals surface area contributed by atoms with Crippen LogP contribution in [0.25, 0.3) is 5.57 Å². The lowest BCUT2D eigenvalue weighted by Crippen LogP contribution is -2.41. The largest absolute Gasteiger partial charge is 0.463 e. The zero-order valence-electron chi connectivity index (χ0n) is 20.3. The van der Waals surface area contributed by atoms with Crippen LogP contribution < -0.4 is 19.8 Å². The Kier molecular flexibility index (Phi) is 6.08. The van der Waals surface area contributed by atoms with Crippen molar-refractivity contribution < 1.29 is 19.2 Å². The Morgan fingerprint density at radius 1 is 1.16 bits per heavy atom. The van der Waals surface area contributed by atoms with Crippen LogP contribution in [0.15, 0.2) is 69.6 Å². The molecule has 10 nitrogen and oxygen atoms in total. The van der Waals surface area contributed by atoms with E-state index in [1.165, 1.54) is 22.8 Å². The average Bonchev–Trinajstić information content (AvgIpc) is 3.35. The zero-order valence-corrected chi connectivity index (χ0v) is 21.1. The Morgan fingerprint density at radius 2 is 1.92 bits per heavy atom. The molecule has 0 spiro atoms. The predicted octanol–water partition coefficient (Wildman–Crippen LogP) is 2.44. The van der Waals surface area contributed by atoms with Gasteiger partial charge in [-0.15, -0.1) is 0 Å². The van der Waals surface area contributed by atoms with Crippen LogP contribution in [0.5, 0.6) is 0 Å². The highest BCUT2D eigenvalue weighted by Gasteiger charge is 2.37. The number of benzene rings is 2. The van der Waals surface area contributed by atoms with Crippen LogP contribution in [0.1, 0.15) is 37.9 Å². The highest BCUT2D eigenvalue weighted by molar-refractivity contribution is 7.07. The number of hydrogen-bond donors (Lipinski definition) is 0. The summed E-state index contributed by atoms with van der Waals surface area (Å²) >= 11 is 1.06. The summed E-state index contributed by atoms with van der Waals surface area (Å²) in [4.78, 5) is 57.8. The van der Waals surface area contributed by atoms with Gasteiger partial charge < -0.3 is 9.64 Å². The standard InChI is InChI=1S/C26H22N4O6S/c1-4-28-18-12-7-6-11-17(18)20(23(28)31)22-24(32)29-21(15-9-8-10-16(13-15)30(34)35)19(25(33)36-5-2)14(3)27-26(29)37-22/h6-13,21H,4-5H2,1-3H3. The molecule has 3 heterocycles. The molecule has 0 saturated carbocycles. The average molecular weight is 519 g/mol. The molecule has 1 aromatic heterocycles. The number of anilines is 1. The monoisotopic (exact) mass is 518 g/mol. The van der Waals surface area contributed by atoms with Crippen LogP contribution in [-0.2, 0) is 14.3 Å². The zero-order chi connectivity index (χ0) is 26.4. The molecule has 5 rings (SSSR count). The van der Waals surface area contributed by atoms with Crippen molar-refractivity contribution in [2.75, 3.05) is 18.1 Å². The van der Waals surface area contributed by atoms with E-state index in [1.54, 1.807) is 36.9 Å². The molecular weight excluding hydrogens is 496 g/mol. The number of carbonyl (C=O) groups is 2. The molecule has 0 fully saturated rings. The third-order valence-corrected chi connectivity index (χ3v) is 7.41. The Hall–Kier alpha value is -4.38. The van der Waals surface area contributed by atoms with E-state index in [9.17, 15) is 24.5 Å². The lowest BCUT2D eigenvalue weighted by atomic mass is 9.95. The van der Waals surface area contributed by atoms with Crippen molar-refractivity contribution in [2.45, 2.75) is 26.8 Å². The van der Waals surface area contributed by atoms with E-state index in [-0.39, 0.29) is 38.7 Å². The van der Waals surface area contributed by atoms with Crippen molar-refractivity contribution in [1.29, 1.82) is 0 Å². The van der Waals surface area contributed by atoms with Crippen molar-refractivity contribution in [1.82, 2.24) is 4.57 Å². The van der Waals surface area contributed by atoms with Gasteiger partial charge in [-0.3, -0.25) is 24.3 Å². The third-order valence-electron chi connectivity index (χ3n) is 6.36. The first-order valence-electron chi connectivity index (χ1n) is 11.7. The number of ether oxygens (including phenoxy) is 1. The number of rotatable bonds is 5. The van der Waals surface area contributed by atoms with Crippen LogP contribution in [0.3, 0.4) is 0 Å². The molecule has 2 aromatic carbocycles. The van der Waals surface area contributed by atoms with Gasteiger partial charge in [0.2, 0.25) is 0 Å². The number of para-hydroxylation sites is 1. The minimum absolute atomic E-state index is 0.101.